The summed E-state index contributed by atoms with van der Waals surface area (Å²) in [5, 5.41) is 5.75. The highest BCUT2D eigenvalue weighted by atomic mass is 16.5. The van der Waals surface area contributed by atoms with E-state index < -0.39 is 5.91 Å². The summed E-state index contributed by atoms with van der Waals surface area (Å²) in [6.45, 7) is 6.17. The number of fused-ring (bicyclic) bond motifs is 1. The molecule has 4 rings (SSSR count). The van der Waals surface area contributed by atoms with Crippen LogP contribution in [0.2, 0.25) is 0 Å². The predicted octanol–water partition coefficient (Wildman–Crippen LogP) is 2.52. The van der Waals surface area contributed by atoms with Crippen molar-refractivity contribution in [2.45, 2.75) is 45.8 Å². The number of hydrogen-bond acceptors (Lipinski definition) is 4. The zero-order chi connectivity index (χ0) is 22.3. The van der Waals surface area contributed by atoms with Crippen molar-refractivity contribution in [1.82, 2.24) is 10.3 Å². The molecular weight excluding hydrogens is 396 g/mol. The monoisotopic (exact) mass is 422 g/mol. The van der Waals surface area contributed by atoms with Crippen molar-refractivity contribution < 1.29 is 19.1 Å². The summed E-state index contributed by atoms with van der Waals surface area (Å²) in [4.78, 5) is 40.1. The zero-order valence-corrected chi connectivity index (χ0v) is 17.8. The number of aromatic amines is 1. The number of aryl methyl sites for hydroxylation is 1. The lowest BCUT2D eigenvalue weighted by atomic mass is 10.0. The molecular formula is C23H26N4O4. The number of primary amides is 1. The van der Waals surface area contributed by atoms with Gasteiger partial charge in [0.25, 0.3) is 11.8 Å². The molecule has 2 aliphatic rings. The van der Waals surface area contributed by atoms with Gasteiger partial charge in [-0.3, -0.25) is 14.4 Å². The lowest BCUT2D eigenvalue weighted by molar-refractivity contribution is -0.110. The summed E-state index contributed by atoms with van der Waals surface area (Å²) < 4.78 is 5.76. The first-order valence-electron chi connectivity index (χ1n) is 10.3. The number of amides is 3. The second-order valence-corrected chi connectivity index (χ2v) is 8.16. The molecule has 2 aromatic rings. The van der Waals surface area contributed by atoms with E-state index in [4.69, 9.17) is 10.5 Å². The molecule has 1 saturated heterocycles. The van der Waals surface area contributed by atoms with E-state index in [0.717, 1.165) is 18.4 Å². The van der Waals surface area contributed by atoms with E-state index in [1.807, 2.05) is 20.8 Å². The standard InChI is InChI=1S/C23H26N4O4/c1-11-4-6-15(31-11)10-25-23(30)20-12(2)19(26-13(20)3)9-17-16-8-14(21(24)28)5-7-18(16)27-22(17)29/h5,7-9,11,15,26H,4,6,10H2,1-3H3,(H2,24,28)(H,25,30)(H,27,29)/b17-9-. The van der Waals surface area contributed by atoms with E-state index >= 15 is 0 Å². The van der Waals surface area contributed by atoms with Crippen LogP contribution in [-0.4, -0.2) is 41.5 Å². The summed E-state index contributed by atoms with van der Waals surface area (Å²) in [5.41, 5.74) is 10.0. The first kappa shape index (κ1) is 20.9. The Morgan fingerprint density at radius 3 is 2.74 bits per heavy atom. The molecule has 0 saturated carbocycles. The van der Waals surface area contributed by atoms with Crippen molar-refractivity contribution in [3.05, 3.63) is 51.8 Å². The first-order valence-corrected chi connectivity index (χ1v) is 10.3. The molecule has 1 fully saturated rings. The molecule has 2 unspecified atom stereocenters. The van der Waals surface area contributed by atoms with E-state index in [-0.39, 0.29) is 24.0 Å². The van der Waals surface area contributed by atoms with E-state index in [1.165, 1.54) is 0 Å². The van der Waals surface area contributed by atoms with Gasteiger partial charge in [-0.25, -0.2) is 0 Å². The molecule has 5 N–H and O–H groups in total. The largest absolute Gasteiger partial charge is 0.373 e. The van der Waals surface area contributed by atoms with E-state index in [1.54, 1.807) is 24.3 Å². The predicted molar refractivity (Wildman–Crippen MR) is 118 cm³/mol. The molecule has 0 radical (unpaired) electrons. The number of H-pyrrole nitrogens is 1. The number of nitrogens with two attached hydrogens (primary N) is 1. The van der Waals surface area contributed by atoms with Gasteiger partial charge in [0.05, 0.1) is 23.3 Å². The van der Waals surface area contributed by atoms with E-state index in [0.29, 0.717) is 45.9 Å². The van der Waals surface area contributed by atoms with Gasteiger partial charge >= 0.3 is 0 Å². The fourth-order valence-corrected chi connectivity index (χ4v) is 4.22. The molecule has 1 aromatic carbocycles. The smallest absolute Gasteiger partial charge is 0.256 e. The van der Waals surface area contributed by atoms with Crippen LogP contribution in [-0.2, 0) is 9.53 Å². The molecule has 0 spiro atoms. The summed E-state index contributed by atoms with van der Waals surface area (Å²) in [5.74, 6) is -1.01. The van der Waals surface area contributed by atoms with Crippen LogP contribution >= 0.6 is 0 Å². The Hall–Kier alpha value is -3.39. The van der Waals surface area contributed by atoms with Gasteiger partial charge in [0.2, 0.25) is 5.91 Å². The number of carbonyl (C=O) groups is 3. The van der Waals surface area contributed by atoms with Gasteiger partial charge < -0.3 is 26.1 Å². The van der Waals surface area contributed by atoms with E-state index in [9.17, 15) is 14.4 Å². The van der Waals surface area contributed by atoms with Crippen molar-refractivity contribution in [2.24, 2.45) is 5.73 Å². The van der Waals surface area contributed by atoms with Gasteiger partial charge in [-0.2, -0.15) is 0 Å². The average Bonchev–Trinajstić information content (AvgIpc) is 3.36. The summed E-state index contributed by atoms with van der Waals surface area (Å²) in [6, 6.07) is 4.83. The number of nitrogens with one attached hydrogen (secondary N) is 3. The third-order valence-corrected chi connectivity index (χ3v) is 5.89. The van der Waals surface area contributed by atoms with Crippen LogP contribution < -0.4 is 16.4 Å². The summed E-state index contributed by atoms with van der Waals surface area (Å²) in [6.07, 6.45) is 3.91. The number of carbonyl (C=O) groups excluding carboxylic acids is 3. The zero-order valence-electron chi connectivity index (χ0n) is 17.8. The van der Waals surface area contributed by atoms with Crippen molar-refractivity contribution in [1.29, 1.82) is 0 Å². The van der Waals surface area contributed by atoms with Gasteiger partial charge in [0.1, 0.15) is 0 Å². The Bertz CT molecular complexity index is 1120. The van der Waals surface area contributed by atoms with Crippen molar-refractivity contribution >= 4 is 35.1 Å². The van der Waals surface area contributed by atoms with Crippen molar-refractivity contribution in [3.8, 4) is 0 Å². The lowest BCUT2D eigenvalue weighted by Gasteiger charge is -2.12. The summed E-state index contributed by atoms with van der Waals surface area (Å²) >= 11 is 0. The Morgan fingerprint density at radius 1 is 1.29 bits per heavy atom. The second-order valence-electron chi connectivity index (χ2n) is 8.16. The minimum absolute atomic E-state index is 0.0400. The SMILES string of the molecule is Cc1[nH]c(/C=C2\C(=O)Nc3ccc(C(N)=O)cc32)c(C)c1C(=O)NCC1CCC(C)O1. The van der Waals surface area contributed by atoms with Gasteiger partial charge in [-0.1, -0.05) is 0 Å². The molecule has 162 valence electrons. The highest BCUT2D eigenvalue weighted by Crippen LogP contribution is 2.34. The number of ether oxygens (including phenoxy) is 1. The normalized spacial score (nSPS) is 21.3. The third-order valence-electron chi connectivity index (χ3n) is 5.89. The topological polar surface area (TPSA) is 126 Å². The van der Waals surface area contributed by atoms with E-state index in [2.05, 4.69) is 15.6 Å². The van der Waals surface area contributed by atoms with Crippen LogP contribution in [0.15, 0.2) is 18.2 Å². The number of benzene rings is 1. The lowest BCUT2D eigenvalue weighted by Crippen LogP contribution is -2.32. The van der Waals surface area contributed by atoms with Crippen LogP contribution in [0.5, 0.6) is 0 Å². The second kappa shape index (κ2) is 8.03. The van der Waals surface area contributed by atoms with Crippen LogP contribution in [0, 0.1) is 13.8 Å². The average molecular weight is 422 g/mol. The van der Waals surface area contributed by atoms with Crippen LogP contribution in [0.3, 0.4) is 0 Å². The first-order chi connectivity index (χ1) is 14.7. The highest BCUT2D eigenvalue weighted by molar-refractivity contribution is 6.35. The number of aromatic nitrogens is 1. The number of anilines is 1. The molecule has 0 bridgehead atoms. The van der Waals surface area contributed by atoms with Crippen LogP contribution in [0.25, 0.3) is 11.6 Å². The van der Waals surface area contributed by atoms with Gasteiger partial charge in [-0.05, 0) is 63.5 Å². The van der Waals surface area contributed by atoms with Crippen molar-refractivity contribution in [2.75, 3.05) is 11.9 Å². The number of hydrogen-bond donors (Lipinski definition) is 4. The fraction of sp³-hybridized carbons (Fsp3) is 0.348. The van der Waals surface area contributed by atoms with Gasteiger partial charge in [0, 0.05) is 34.7 Å². The maximum absolute atomic E-state index is 12.8. The molecule has 1 aromatic heterocycles. The maximum Gasteiger partial charge on any atom is 0.256 e. The maximum atomic E-state index is 12.8. The quantitative estimate of drug-likeness (QED) is 0.552. The molecule has 2 atom stereocenters. The molecule has 8 heteroatoms. The molecule has 0 aliphatic carbocycles. The van der Waals surface area contributed by atoms with Crippen LogP contribution in [0.1, 0.15) is 63.0 Å². The Kier molecular flexibility index (Phi) is 5.41. The molecule has 8 nitrogen and oxygen atoms in total. The fourth-order valence-electron chi connectivity index (χ4n) is 4.22. The molecule has 3 heterocycles. The van der Waals surface area contributed by atoms with Crippen LogP contribution in [0.4, 0.5) is 5.69 Å². The Balaban J connectivity index is 1.60. The Labute approximate surface area is 180 Å². The van der Waals surface area contributed by atoms with Gasteiger partial charge in [0.15, 0.2) is 0 Å². The molecule has 31 heavy (non-hydrogen) atoms. The number of rotatable bonds is 5. The molecule has 2 aliphatic heterocycles. The third kappa shape index (κ3) is 3.98. The van der Waals surface area contributed by atoms with Gasteiger partial charge in [-0.15, -0.1) is 0 Å². The minimum atomic E-state index is -0.562. The molecule has 3 amide bonds. The minimum Gasteiger partial charge on any atom is -0.373 e. The highest BCUT2D eigenvalue weighted by Gasteiger charge is 2.27. The summed E-state index contributed by atoms with van der Waals surface area (Å²) in [7, 11) is 0. The van der Waals surface area contributed by atoms with Crippen molar-refractivity contribution in [3.63, 3.8) is 0 Å². The Morgan fingerprint density at radius 2 is 2.06 bits per heavy atom.